The van der Waals surface area contributed by atoms with Crippen LogP contribution in [0.15, 0.2) is 0 Å². The van der Waals surface area contributed by atoms with Crippen LogP contribution in [0.3, 0.4) is 0 Å². The van der Waals surface area contributed by atoms with Crippen LogP contribution in [0.5, 0.6) is 0 Å². The molecule has 0 aromatic heterocycles. The molecule has 4 N–H and O–H groups in total. The molecule has 19 heavy (non-hydrogen) atoms. The highest BCUT2D eigenvalue weighted by molar-refractivity contribution is 4.73. The van der Waals surface area contributed by atoms with Crippen molar-refractivity contribution in [2.24, 2.45) is 5.73 Å². The number of aliphatic hydroxyl groups excluding tert-OH is 1. The van der Waals surface area contributed by atoms with Crippen molar-refractivity contribution in [3.05, 3.63) is 0 Å². The Hall–Kier alpha value is -0.120. The van der Waals surface area contributed by atoms with E-state index in [1.54, 1.807) is 0 Å². The van der Waals surface area contributed by atoms with Crippen LogP contribution in [0, 0.1) is 0 Å². The number of aliphatic hydroxyl groups is 1. The molecule has 0 amide bonds. The summed E-state index contributed by atoms with van der Waals surface area (Å²) in [5.41, 5.74) is 5.81. The SMILES string of the molecule is CCCCCCCCCC(CN)NC(C)CC(C)O. The van der Waals surface area contributed by atoms with Gasteiger partial charge in [0.2, 0.25) is 0 Å². The van der Waals surface area contributed by atoms with Gasteiger partial charge in [-0.25, -0.2) is 0 Å². The molecule has 0 spiro atoms. The fraction of sp³-hybridized carbons (Fsp3) is 1.00. The first-order valence-corrected chi connectivity index (χ1v) is 8.24. The van der Waals surface area contributed by atoms with Crippen molar-refractivity contribution >= 4 is 0 Å². The molecular formula is C16H36N2O. The van der Waals surface area contributed by atoms with Gasteiger partial charge in [-0.2, -0.15) is 0 Å². The average molecular weight is 272 g/mol. The second-order valence-electron chi connectivity index (χ2n) is 6.00. The van der Waals surface area contributed by atoms with Crippen LogP contribution in [-0.4, -0.2) is 29.8 Å². The highest BCUT2D eigenvalue weighted by Crippen LogP contribution is 2.10. The minimum absolute atomic E-state index is 0.237. The molecule has 0 aliphatic heterocycles. The van der Waals surface area contributed by atoms with Crippen molar-refractivity contribution < 1.29 is 5.11 Å². The first-order valence-electron chi connectivity index (χ1n) is 8.24. The zero-order chi connectivity index (χ0) is 14.5. The van der Waals surface area contributed by atoms with Gasteiger partial charge >= 0.3 is 0 Å². The Morgan fingerprint density at radius 3 is 2.11 bits per heavy atom. The normalized spacial score (nSPS) is 16.3. The van der Waals surface area contributed by atoms with E-state index in [4.69, 9.17) is 5.73 Å². The summed E-state index contributed by atoms with van der Waals surface area (Å²) in [7, 11) is 0. The lowest BCUT2D eigenvalue weighted by atomic mass is 10.0. The molecule has 3 atom stereocenters. The third kappa shape index (κ3) is 12.6. The molecular weight excluding hydrogens is 236 g/mol. The van der Waals surface area contributed by atoms with Gasteiger partial charge in [0.15, 0.2) is 0 Å². The van der Waals surface area contributed by atoms with Gasteiger partial charge in [0.1, 0.15) is 0 Å². The Morgan fingerprint density at radius 1 is 1.00 bits per heavy atom. The molecule has 3 heteroatoms. The monoisotopic (exact) mass is 272 g/mol. The van der Waals surface area contributed by atoms with Crippen LogP contribution in [0.4, 0.5) is 0 Å². The Kier molecular flexibility index (Phi) is 12.8. The number of hydrogen-bond acceptors (Lipinski definition) is 3. The summed E-state index contributed by atoms with van der Waals surface area (Å²) in [4.78, 5) is 0. The molecule has 0 saturated heterocycles. The second kappa shape index (κ2) is 12.9. The van der Waals surface area contributed by atoms with Gasteiger partial charge in [-0.05, 0) is 26.7 Å². The number of nitrogens with two attached hydrogens (primary N) is 1. The summed E-state index contributed by atoms with van der Waals surface area (Å²) in [6, 6.07) is 0.752. The molecule has 0 saturated carbocycles. The van der Waals surface area contributed by atoms with Crippen molar-refractivity contribution in [1.29, 1.82) is 0 Å². The summed E-state index contributed by atoms with van der Waals surface area (Å²) in [6.07, 6.45) is 11.1. The Labute approximate surface area is 120 Å². The van der Waals surface area contributed by atoms with E-state index < -0.39 is 0 Å². The minimum atomic E-state index is -0.237. The molecule has 0 aliphatic rings. The van der Waals surface area contributed by atoms with E-state index in [0.717, 1.165) is 12.8 Å². The standard InChI is InChI=1S/C16H36N2O/c1-4-5-6-7-8-9-10-11-16(13-17)18-14(2)12-15(3)19/h14-16,18-19H,4-13,17H2,1-3H3. The first-order chi connectivity index (χ1) is 9.10. The predicted molar refractivity (Wildman–Crippen MR) is 84.3 cm³/mol. The maximum Gasteiger partial charge on any atom is 0.0526 e. The van der Waals surface area contributed by atoms with E-state index >= 15 is 0 Å². The van der Waals surface area contributed by atoms with Crippen LogP contribution in [0.1, 0.15) is 78.6 Å². The maximum atomic E-state index is 9.35. The smallest absolute Gasteiger partial charge is 0.0526 e. The Balaban J connectivity index is 3.53. The Morgan fingerprint density at radius 2 is 1.58 bits per heavy atom. The van der Waals surface area contributed by atoms with E-state index in [-0.39, 0.29) is 6.10 Å². The van der Waals surface area contributed by atoms with Crippen LogP contribution in [0.2, 0.25) is 0 Å². The fourth-order valence-electron chi connectivity index (χ4n) is 2.60. The van der Waals surface area contributed by atoms with Crippen molar-refractivity contribution in [2.45, 2.75) is 96.7 Å². The first kappa shape index (κ1) is 18.9. The van der Waals surface area contributed by atoms with Gasteiger partial charge < -0.3 is 16.2 Å². The van der Waals surface area contributed by atoms with Gasteiger partial charge in [0, 0.05) is 18.6 Å². The largest absolute Gasteiger partial charge is 0.393 e. The molecule has 0 heterocycles. The molecule has 0 aliphatic carbocycles. The summed E-state index contributed by atoms with van der Waals surface area (Å²) in [5, 5.41) is 12.9. The summed E-state index contributed by atoms with van der Waals surface area (Å²) in [5.74, 6) is 0. The molecule has 0 aromatic carbocycles. The van der Waals surface area contributed by atoms with Gasteiger partial charge in [-0.15, -0.1) is 0 Å². The molecule has 0 fully saturated rings. The summed E-state index contributed by atoms with van der Waals surface area (Å²) in [6.45, 7) is 6.91. The van der Waals surface area contributed by atoms with Crippen LogP contribution in [-0.2, 0) is 0 Å². The highest BCUT2D eigenvalue weighted by atomic mass is 16.3. The molecule has 0 radical (unpaired) electrons. The Bertz CT molecular complexity index is 186. The van der Waals surface area contributed by atoms with Crippen LogP contribution < -0.4 is 11.1 Å². The number of nitrogens with one attached hydrogen (secondary N) is 1. The van der Waals surface area contributed by atoms with Gasteiger partial charge in [0.25, 0.3) is 0 Å². The minimum Gasteiger partial charge on any atom is -0.393 e. The van der Waals surface area contributed by atoms with Crippen molar-refractivity contribution in [1.82, 2.24) is 5.32 Å². The van der Waals surface area contributed by atoms with E-state index in [1.807, 2.05) is 6.92 Å². The molecule has 3 nitrogen and oxygen atoms in total. The van der Waals surface area contributed by atoms with Gasteiger partial charge in [-0.1, -0.05) is 51.9 Å². The number of unbranched alkanes of at least 4 members (excludes halogenated alkanes) is 6. The van der Waals surface area contributed by atoms with Crippen molar-refractivity contribution in [2.75, 3.05) is 6.54 Å². The van der Waals surface area contributed by atoms with Crippen molar-refractivity contribution in [3.63, 3.8) is 0 Å². The van der Waals surface area contributed by atoms with Crippen LogP contribution >= 0.6 is 0 Å². The summed E-state index contributed by atoms with van der Waals surface area (Å²) >= 11 is 0. The second-order valence-corrected chi connectivity index (χ2v) is 6.00. The fourth-order valence-corrected chi connectivity index (χ4v) is 2.60. The zero-order valence-electron chi connectivity index (χ0n) is 13.3. The third-order valence-electron chi connectivity index (χ3n) is 3.66. The molecule has 0 bridgehead atoms. The van der Waals surface area contributed by atoms with E-state index in [1.165, 1.54) is 44.9 Å². The van der Waals surface area contributed by atoms with E-state index in [2.05, 4.69) is 19.2 Å². The van der Waals surface area contributed by atoms with Crippen molar-refractivity contribution in [3.8, 4) is 0 Å². The lowest BCUT2D eigenvalue weighted by molar-refractivity contribution is 0.167. The highest BCUT2D eigenvalue weighted by Gasteiger charge is 2.11. The predicted octanol–water partition coefficient (Wildman–Crippen LogP) is 3.20. The van der Waals surface area contributed by atoms with Crippen LogP contribution in [0.25, 0.3) is 0 Å². The zero-order valence-corrected chi connectivity index (χ0v) is 13.3. The van der Waals surface area contributed by atoms with Gasteiger partial charge in [0.05, 0.1) is 6.10 Å². The number of hydrogen-bond donors (Lipinski definition) is 3. The molecule has 116 valence electrons. The number of rotatable bonds is 13. The lowest BCUT2D eigenvalue weighted by Gasteiger charge is -2.23. The van der Waals surface area contributed by atoms with E-state index in [0.29, 0.717) is 18.6 Å². The van der Waals surface area contributed by atoms with E-state index in [9.17, 15) is 5.11 Å². The molecule has 3 unspecified atom stereocenters. The average Bonchev–Trinajstić information content (AvgIpc) is 2.35. The molecule has 0 aromatic rings. The molecule has 0 rings (SSSR count). The lowest BCUT2D eigenvalue weighted by Crippen LogP contribution is -2.42. The quantitative estimate of drug-likeness (QED) is 0.451. The third-order valence-corrected chi connectivity index (χ3v) is 3.66. The van der Waals surface area contributed by atoms with Gasteiger partial charge in [-0.3, -0.25) is 0 Å². The maximum absolute atomic E-state index is 9.35. The topological polar surface area (TPSA) is 58.3 Å². The summed E-state index contributed by atoms with van der Waals surface area (Å²) < 4.78 is 0.